The topological polar surface area (TPSA) is 66.8 Å². The van der Waals surface area contributed by atoms with Crippen molar-refractivity contribution >= 4 is 10.0 Å². The van der Waals surface area contributed by atoms with E-state index in [1.165, 1.54) is 10.6 Å². The molecule has 112 valence electrons. The summed E-state index contributed by atoms with van der Waals surface area (Å²) in [6.45, 7) is 3.46. The highest BCUT2D eigenvalue weighted by Crippen LogP contribution is 2.24. The van der Waals surface area contributed by atoms with E-state index in [0.29, 0.717) is 25.4 Å². The zero-order chi connectivity index (χ0) is 14.8. The smallest absolute Gasteiger partial charge is 0.211 e. The van der Waals surface area contributed by atoms with Gasteiger partial charge >= 0.3 is 0 Å². The molecule has 1 aromatic carbocycles. The van der Waals surface area contributed by atoms with Crippen molar-refractivity contribution < 1.29 is 18.3 Å². The SMILES string of the molecule is Cc1cc(O)cc(OCC2CCCN(S(C)(=O)=O)C2)c1. The van der Waals surface area contributed by atoms with E-state index < -0.39 is 10.0 Å². The van der Waals surface area contributed by atoms with Crippen LogP contribution in [0.1, 0.15) is 18.4 Å². The van der Waals surface area contributed by atoms with Crippen molar-refractivity contribution in [2.24, 2.45) is 5.92 Å². The minimum absolute atomic E-state index is 0.182. The highest BCUT2D eigenvalue weighted by atomic mass is 32.2. The standard InChI is InChI=1S/C14H21NO4S/c1-11-6-13(16)8-14(7-11)19-10-12-4-3-5-15(9-12)20(2,17)18/h6-8,12,16H,3-5,9-10H2,1-2H3. The summed E-state index contributed by atoms with van der Waals surface area (Å²) in [5.41, 5.74) is 0.932. The van der Waals surface area contributed by atoms with Gasteiger partial charge < -0.3 is 9.84 Å². The second-order valence-electron chi connectivity index (χ2n) is 5.44. The fourth-order valence-corrected chi connectivity index (χ4v) is 3.43. The van der Waals surface area contributed by atoms with Crippen LogP contribution in [0.2, 0.25) is 0 Å². The number of aryl methyl sites for hydroxylation is 1. The molecule has 20 heavy (non-hydrogen) atoms. The number of ether oxygens (including phenoxy) is 1. The van der Waals surface area contributed by atoms with Crippen LogP contribution >= 0.6 is 0 Å². The number of aromatic hydroxyl groups is 1. The summed E-state index contributed by atoms with van der Waals surface area (Å²) in [6.07, 6.45) is 3.07. The van der Waals surface area contributed by atoms with Gasteiger partial charge in [0.2, 0.25) is 10.0 Å². The maximum Gasteiger partial charge on any atom is 0.211 e. The number of hydrogen-bond donors (Lipinski definition) is 1. The van der Waals surface area contributed by atoms with E-state index in [4.69, 9.17) is 4.74 Å². The summed E-state index contributed by atoms with van der Waals surface area (Å²) in [7, 11) is -3.12. The van der Waals surface area contributed by atoms with Crippen molar-refractivity contribution in [2.45, 2.75) is 19.8 Å². The van der Waals surface area contributed by atoms with Crippen LogP contribution in [-0.4, -0.2) is 43.8 Å². The Bertz CT molecular complexity index is 550. The van der Waals surface area contributed by atoms with Crippen LogP contribution in [0.4, 0.5) is 0 Å². The minimum Gasteiger partial charge on any atom is -0.508 e. The molecule has 6 heteroatoms. The molecule has 1 unspecified atom stereocenters. The van der Waals surface area contributed by atoms with Crippen LogP contribution in [0, 0.1) is 12.8 Å². The Morgan fingerprint density at radius 2 is 2.15 bits per heavy atom. The van der Waals surface area contributed by atoms with E-state index in [2.05, 4.69) is 0 Å². The Hall–Kier alpha value is -1.27. The van der Waals surface area contributed by atoms with Crippen LogP contribution in [0.3, 0.4) is 0 Å². The Morgan fingerprint density at radius 1 is 1.40 bits per heavy atom. The van der Waals surface area contributed by atoms with Gasteiger partial charge in [0.05, 0.1) is 12.9 Å². The average Bonchev–Trinajstić information content (AvgIpc) is 2.35. The van der Waals surface area contributed by atoms with E-state index in [1.54, 1.807) is 12.1 Å². The molecule has 1 aliphatic rings. The highest BCUT2D eigenvalue weighted by Gasteiger charge is 2.26. The third kappa shape index (κ3) is 4.11. The normalized spacial score (nSPS) is 20.8. The molecule has 0 bridgehead atoms. The van der Waals surface area contributed by atoms with Gasteiger partial charge in [0.15, 0.2) is 0 Å². The highest BCUT2D eigenvalue weighted by molar-refractivity contribution is 7.88. The summed E-state index contributed by atoms with van der Waals surface area (Å²) in [5, 5.41) is 9.51. The van der Waals surface area contributed by atoms with Crippen LogP contribution in [-0.2, 0) is 10.0 Å². The van der Waals surface area contributed by atoms with Crippen molar-refractivity contribution in [2.75, 3.05) is 26.0 Å². The molecule has 1 aliphatic heterocycles. The number of nitrogens with zero attached hydrogens (tertiary/aromatic N) is 1. The summed E-state index contributed by atoms with van der Waals surface area (Å²) in [4.78, 5) is 0. The molecule has 0 radical (unpaired) electrons. The third-order valence-electron chi connectivity index (χ3n) is 3.47. The van der Waals surface area contributed by atoms with Crippen LogP contribution in [0.25, 0.3) is 0 Å². The van der Waals surface area contributed by atoms with Crippen molar-refractivity contribution in [3.05, 3.63) is 23.8 Å². The lowest BCUT2D eigenvalue weighted by Gasteiger charge is -2.30. The van der Waals surface area contributed by atoms with Gasteiger partial charge in [-0.3, -0.25) is 0 Å². The van der Waals surface area contributed by atoms with Gasteiger partial charge in [-0.15, -0.1) is 0 Å². The van der Waals surface area contributed by atoms with Crippen molar-refractivity contribution in [3.63, 3.8) is 0 Å². The zero-order valence-electron chi connectivity index (χ0n) is 11.9. The monoisotopic (exact) mass is 299 g/mol. The molecule has 0 saturated carbocycles. The van der Waals surface area contributed by atoms with Gasteiger partial charge in [-0.25, -0.2) is 12.7 Å². The molecule has 0 aliphatic carbocycles. The quantitative estimate of drug-likeness (QED) is 0.920. The Morgan fingerprint density at radius 3 is 2.80 bits per heavy atom. The van der Waals surface area contributed by atoms with Gasteiger partial charge in [-0.2, -0.15) is 0 Å². The molecule has 0 aromatic heterocycles. The Labute approximate surface area is 120 Å². The number of hydrogen-bond acceptors (Lipinski definition) is 4. The largest absolute Gasteiger partial charge is 0.508 e. The van der Waals surface area contributed by atoms with Gasteiger partial charge in [-0.05, 0) is 37.5 Å². The van der Waals surface area contributed by atoms with Crippen LogP contribution in [0.15, 0.2) is 18.2 Å². The molecular formula is C14H21NO4S. The van der Waals surface area contributed by atoms with Crippen molar-refractivity contribution in [1.29, 1.82) is 0 Å². The molecule has 5 nitrogen and oxygen atoms in total. The van der Waals surface area contributed by atoms with E-state index in [-0.39, 0.29) is 11.7 Å². The first-order chi connectivity index (χ1) is 9.34. The van der Waals surface area contributed by atoms with Gasteiger partial charge in [-0.1, -0.05) is 0 Å². The molecule has 0 amide bonds. The first-order valence-corrected chi connectivity index (χ1v) is 8.58. The molecule has 0 spiro atoms. The second-order valence-corrected chi connectivity index (χ2v) is 7.43. The van der Waals surface area contributed by atoms with Gasteiger partial charge in [0.25, 0.3) is 0 Å². The van der Waals surface area contributed by atoms with Crippen molar-refractivity contribution in [3.8, 4) is 11.5 Å². The molecule has 1 saturated heterocycles. The number of benzene rings is 1. The predicted octanol–water partition coefficient (Wildman–Crippen LogP) is 1.75. The Balaban J connectivity index is 1.93. The fourth-order valence-electron chi connectivity index (χ4n) is 2.49. The number of sulfonamides is 1. The molecule has 1 fully saturated rings. The van der Waals surface area contributed by atoms with Crippen LogP contribution in [0.5, 0.6) is 11.5 Å². The Kier molecular flexibility index (Phi) is 4.55. The van der Waals surface area contributed by atoms with Gasteiger partial charge in [0.1, 0.15) is 11.5 Å². The van der Waals surface area contributed by atoms with Crippen LogP contribution < -0.4 is 4.74 Å². The predicted molar refractivity (Wildman–Crippen MR) is 77.5 cm³/mol. The van der Waals surface area contributed by atoms with Crippen molar-refractivity contribution in [1.82, 2.24) is 4.31 Å². The molecule has 1 heterocycles. The number of phenols is 1. The summed E-state index contributed by atoms with van der Waals surface area (Å²) < 4.78 is 30.3. The first kappa shape index (κ1) is 15.1. The maximum absolute atomic E-state index is 11.5. The fraction of sp³-hybridized carbons (Fsp3) is 0.571. The van der Waals surface area contributed by atoms with Gasteiger partial charge in [0, 0.05) is 25.1 Å². The number of phenolic OH excluding ortho intramolecular Hbond substituents is 1. The summed E-state index contributed by atoms with van der Waals surface area (Å²) in [5.74, 6) is 1.00. The third-order valence-corrected chi connectivity index (χ3v) is 4.74. The maximum atomic E-state index is 11.5. The first-order valence-electron chi connectivity index (χ1n) is 6.73. The molecule has 1 atom stereocenters. The number of rotatable bonds is 4. The van der Waals surface area contributed by atoms with E-state index in [1.807, 2.05) is 13.0 Å². The summed E-state index contributed by atoms with van der Waals surface area (Å²) in [6, 6.07) is 5.10. The second kappa shape index (κ2) is 6.01. The van der Waals surface area contributed by atoms with E-state index in [9.17, 15) is 13.5 Å². The van der Waals surface area contributed by atoms with E-state index >= 15 is 0 Å². The molecular weight excluding hydrogens is 278 g/mol. The average molecular weight is 299 g/mol. The lowest BCUT2D eigenvalue weighted by atomic mass is 10.0. The van der Waals surface area contributed by atoms with E-state index in [0.717, 1.165) is 18.4 Å². The molecule has 1 N–H and O–H groups in total. The molecule has 1 aromatic rings. The minimum atomic E-state index is -3.12. The molecule has 2 rings (SSSR count). The summed E-state index contributed by atoms with van der Waals surface area (Å²) >= 11 is 0. The lowest BCUT2D eigenvalue weighted by Crippen LogP contribution is -2.40. The number of piperidine rings is 1. The lowest BCUT2D eigenvalue weighted by molar-refractivity contribution is 0.180. The zero-order valence-corrected chi connectivity index (χ0v) is 12.7.